The van der Waals surface area contributed by atoms with Crippen LogP contribution >= 0.6 is 11.8 Å². The number of nitrogens with zero attached hydrogens (tertiary/aromatic N) is 3. The van der Waals surface area contributed by atoms with Crippen LogP contribution in [0.2, 0.25) is 0 Å². The first kappa shape index (κ1) is 18.6. The lowest BCUT2D eigenvalue weighted by atomic mass is 9.96. The summed E-state index contributed by atoms with van der Waals surface area (Å²) in [5.74, 6) is 1.66. The normalized spacial score (nSPS) is 14.8. The van der Waals surface area contributed by atoms with Gasteiger partial charge in [0.25, 0.3) is 0 Å². The summed E-state index contributed by atoms with van der Waals surface area (Å²) >= 11 is 1.67. The monoisotopic (exact) mass is 394 g/mol. The zero-order valence-electron chi connectivity index (χ0n) is 15.7. The summed E-state index contributed by atoms with van der Waals surface area (Å²) in [6.45, 7) is 1.58. The molecular weight excluding hydrogens is 372 g/mol. The van der Waals surface area contributed by atoms with E-state index in [0.29, 0.717) is 5.76 Å². The second kappa shape index (κ2) is 8.48. The van der Waals surface area contributed by atoms with Gasteiger partial charge in [0, 0.05) is 29.6 Å². The molecule has 144 valence electrons. The Labute approximate surface area is 168 Å². The summed E-state index contributed by atoms with van der Waals surface area (Å²) in [4.78, 5) is 15.9. The van der Waals surface area contributed by atoms with Gasteiger partial charge in [-0.2, -0.15) is 0 Å². The van der Waals surface area contributed by atoms with Crippen molar-refractivity contribution < 1.29 is 9.21 Å². The lowest BCUT2D eigenvalue weighted by Gasteiger charge is -2.31. The van der Waals surface area contributed by atoms with Crippen LogP contribution in [0.4, 0.5) is 11.5 Å². The van der Waals surface area contributed by atoms with Gasteiger partial charge in [0.15, 0.2) is 11.6 Å². The number of hydrogen-bond donors (Lipinski definition) is 1. The van der Waals surface area contributed by atoms with Gasteiger partial charge in [-0.25, -0.2) is 0 Å². The molecule has 0 unspecified atom stereocenters. The molecule has 1 N–H and O–H groups in total. The quantitative estimate of drug-likeness (QED) is 0.650. The highest BCUT2D eigenvalue weighted by Gasteiger charge is 2.26. The van der Waals surface area contributed by atoms with E-state index in [9.17, 15) is 4.79 Å². The largest absolute Gasteiger partial charge is 0.463 e. The Balaban J connectivity index is 1.33. The lowest BCUT2D eigenvalue weighted by molar-refractivity contribution is -0.120. The molecular formula is C21H22N4O2S. The van der Waals surface area contributed by atoms with Gasteiger partial charge in [-0.1, -0.05) is 6.07 Å². The van der Waals surface area contributed by atoms with Crippen LogP contribution in [0.5, 0.6) is 0 Å². The van der Waals surface area contributed by atoms with E-state index >= 15 is 0 Å². The summed E-state index contributed by atoms with van der Waals surface area (Å²) in [7, 11) is 0. The van der Waals surface area contributed by atoms with E-state index in [1.165, 1.54) is 0 Å². The maximum atomic E-state index is 12.6. The average molecular weight is 395 g/mol. The fourth-order valence-corrected chi connectivity index (χ4v) is 3.82. The number of thioether (sulfide) groups is 1. The third kappa shape index (κ3) is 4.20. The minimum absolute atomic E-state index is 0.0181. The number of piperidine rings is 1. The standard InChI is InChI=1S/C21H22N4O2S/c1-28-17-5-2-4-16(14-17)22-21(26)15-9-11-25(12-10-15)20-8-7-18(23-24-20)19-6-3-13-27-19/h2-8,13-15H,9-12H2,1H3,(H,22,26). The minimum Gasteiger partial charge on any atom is -0.463 e. The molecule has 0 saturated carbocycles. The van der Waals surface area contributed by atoms with Crippen molar-refractivity contribution in [2.75, 3.05) is 29.6 Å². The summed E-state index contributed by atoms with van der Waals surface area (Å²) in [6.07, 6.45) is 5.25. The summed E-state index contributed by atoms with van der Waals surface area (Å²) in [5.41, 5.74) is 1.58. The first-order valence-corrected chi connectivity index (χ1v) is 10.5. The summed E-state index contributed by atoms with van der Waals surface area (Å²) < 4.78 is 5.35. The number of benzene rings is 1. The van der Waals surface area contributed by atoms with E-state index in [1.54, 1.807) is 18.0 Å². The van der Waals surface area contributed by atoms with Gasteiger partial charge in [-0.15, -0.1) is 22.0 Å². The van der Waals surface area contributed by atoms with Crippen LogP contribution in [0, 0.1) is 5.92 Å². The van der Waals surface area contributed by atoms with E-state index in [0.717, 1.165) is 48.0 Å². The molecule has 3 aromatic rings. The Morgan fingerprint density at radius 1 is 1.14 bits per heavy atom. The molecule has 1 fully saturated rings. The Hall–Kier alpha value is -2.80. The Kier molecular flexibility index (Phi) is 5.62. The lowest BCUT2D eigenvalue weighted by Crippen LogP contribution is -2.38. The van der Waals surface area contributed by atoms with Crippen molar-refractivity contribution in [3.8, 4) is 11.5 Å². The molecule has 6 nitrogen and oxygen atoms in total. The van der Waals surface area contributed by atoms with Crippen molar-refractivity contribution >= 4 is 29.2 Å². The van der Waals surface area contributed by atoms with Gasteiger partial charge in [0.2, 0.25) is 5.91 Å². The van der Waals surface area contributed by atoms with E-state index in [1.807, 2.05) is 54.8 Å². The number of anilines is 2. The van der Waals surface area contributed by atoms with Gasteiger partial charge in [-0.3, -0.25) is 4.79 Å². The van der Waals surface area contributed by atoms with Crippen molar-refractivity contribution in [1.82, 2.24) is 10.2 Å². The zero-order valence-corrected chi connectivity index (χ0v) is 16.5. The molecule has 1 aliphatic rings. The van der Waals surface area contributed by atoms with E-state index in [2.05, 4.69) is 20.4 Å². The highest BCUT2D eigenvalue weighted by Crippen LogP contribution is 2.25. The molecule has 0 atom stereocenters. The maximum absolute atomic E-state index is 12.6. The van der Waals surface area contributed by atoms with Crippen LogP contribution in [-0.2, 0) is 4.79 Å². The molecule has 0 bridgehead atoms. The second-order valence-electron chi connectivity index (χ2n) is 6.74. The molecule has 0 aliphatic carbocycles. The van der Waals surface area contributed by atoms with Crippen LogP contribution in [0.15, 0.2) is 64.1 Å². The number of furan rings is 1. The molecule has 0 spiro atoms. The number of carbonyl (C=O) groups is 1. The fourth-order valence-electron chi connectivity index (χ4n) is 3.37. The van der Waals surface area contributed by atoms with Crippen molar-refractivity contribution in [2.24, 2.45) is 5.92 Å². The molecule has 7 heteroatoms. The van der Waals surface area contributed by atoms with Crippen LogP contribution < -0.4 is 10.2 Å². The van der Waals surface area contributed by atoms with Crippen LogP contribution in [0.1, 0.15) is 12.8 Å². The van der Waals surface area contributed by atoms with Gasteiger partial charge < -0.3 is 14.6 Å². The average Bonchev–Trinajstić information content (AvgIpc) is 3.29. The van der Waals surface area contributed by atoms with Gasteiger partial charge in [0.05, 0.1) is 6.26 Å². The first-order valence-electron chi connectivity index (χ1n) is 9.30. The van der Waals surface area contributed by atoms with E-state index < -0.39 is 0 Å². The number of amides is 1. The van der Waals surface area contributed by atoms with E-state index in [4.69, 9.17) is 4.42 Å². The van der Waals surface area contributed by atoms with E-state index in [-0.39, 0.29) is 11.8 Å². The fraction of sp³-hybridized carbons (Fsp3) is 0.286. The molecule has 1 aliphatic heterocycles. The van der Waals surface area contributed by atoms with Gasteiger partial charge in [0.1, 0.15) is 5.69 Å². The van der Waals surface area contributed by atoms with Crippen molar-refractivity contribution in [3.63, 3.8) is 0 Å². The first-order chi connectivity index (χ1) is 13.7. The Morgan fingerprint density at radius 3 is 2.68 bits per heavy atom. The molecule has 1 aromatic carbocycles. The molecule has 2 aromatic heterocycles. The predicted molar refractivity (Wildman–Crippen MR) is 112 cm³/mol. The summed E-state index contributed by atoms with van der Waals surface area (Å²) in [5, 5.41) is 11.6. The zero-order chi connectivity index (χ0) is 19.3. The molecule has 0 radical (unpaired) electrons. The van der Waals surface area contributed by atoms with Crippen molar-refractivity contribution in [2.45, 2.75) is 17.7 Å². The molecule has 4 rings (SSSR count). The molecule has 28 heavy (non-hydrogen) atoms. The van der Waals surface area contributed by atoms with Crippen molar-refractivity contribution in [3.05, 3.63) is 54.8 Å². The number of nitrogens with one attached hydrogen (secondary N) is 1. The van der Waals surface area contributed by atoms with Gasteiger partial charge in [-0.05, 0) is 61.6 Å². The maximum Gasteiger partial charge on any atom is 0.227 e. The second-order valence-corrected chi connectivity index (χ2v) is 7.62. The van der Waals surface area contributed by atoms with Crippen LogP contribution in [0.3, 0.4) is 0 Å². The van der Waals surface area contributed by atoms with Gasteiger partial charge >= 0.3 is 0 Å². The smallest absolute Gasteiger partial charge is 0.227 e. The molecule has 1 amide bonds. The van der Waals surface area contributed by atoms with Crippen LogP contribution in [0.25, 0.3) is 11.5 Å². The third-order valence-electron chi connectivity index (χ3n) is 4.95. The number of carbonyl (C=O) groups excluding carboxylic acids is 1. The molecule has 3 heterocycles. The Morgan fingerprint density at radius 2 is 2.00 bits per heavy atom. The number of hydrogen-bond acceptors (Lipinski definition) is 6. The molecule has 1 saturated heterocycles. The number of aromatic nitrogens is 2. The highest BCUT2D eigenvalue weighted by atomic mass is 32.2. The third-order valence-corrected chi connectivity index (χ3v) is 5.68. The van der Waals surface area contributed by atoms with Crippen LogP contribution in [-0.4, -0.2) is 35.4 Å². The Bertz CT molecular complexity index is 920. The topological polar surface area (TPSA) is 71.3 Å². The highest BCUT2D eigenvalue weighted by molar-refractivity contribution is 7.98. The summed E-state index contributed by atoms with van der Waals surface area (Å²) in [6, 6.07) is 15.5. The minimum atomic E-state index is 0.0181. The van der Waals surface area contributed by atoms with Crippen molar-refractivity contribution in [1.29, 1.82) is 0 Å². The number of rotatable bonds is 5. The SMILES string of the molecule is CSc1cccc(NC(=O)C2CCN(c3ccc(-c4ccco4)nn3)CC2)c1. The predicted octanol–water partition coefficient (Wildman–Crippen LogP) is 4.31.